The summed E-state index contributed by atoms with van der Waals surface area (Å²) in [7, 11) is -4.24. The van der Waals surface area contributed by atoms with Crippen LogP contribution in [-0.2, 0) is 10.1 Å². The van der Waals surface area contributed by atoms with Gasteiger partial charge in [0.05, 0.1) is 0 Å². The summed E-state index contributed by atoms with van der Waals surface area (Å²) in [4.78, 5) is -0.0828. The second kappa shape index (κ2) is 5.50. The van der Waals surface area contributed by atoms with Crippen molar-refractivity contribution in [3.05, 3.63) is 48.5 Å². The first kappa shape index (κ1) is 14.7. The van der Waals surface area contributed by atoms with Gasteiger partial charge in [-0.05, 0) is 10.9 Å². The van der Waals surface area contributed by atoms with E-state index in [0.717, 1.165) is 5.39 Å². The Kier molecular flexibility index (Phi) is 4.75. The summed E-state index contributed by atoms with van der Waals surface area (Å²) in [5.41, 5.74) is 0.404. The van der Waals surface area contributed by atoms with Crippen LogP contribution in [-0.4, -0.2) is 50.7 Å². The monoisotopic (exact) mass is 276 g/mol. The average molecular weight is 276 g/mol. The molecule has 0 aliphatic heterocycles. The van der Waals surface area contributed by atoms with Gasteiger partial charge in [-0.15, -0.1) is 0 Å². The van der Waals surface area contributed by atoms with E-state index in [1.807, 2.05) is 6.07 Å². The van der Waals surface area contributed by atoms with Gasteiger partial charge in [-0.2, -0.15) is 8.42 Å². The van der Waals surface area contributed by atoms with Gasteiger partial charge in [0.25, 0.3) is 10.1 Å². The van der Waals surface area contributed by atoms with Crippen molar-refractivity contribution < 1.29 is 15.8 Å². The van der Waals surface area contributed by atoms with Crippen molar-refractivity contribution in [3.63, 3.8) is 0 Å². The number of hydrogen-bond donors (Lipinski definition) is 1. The second-order valence-corrected chi connectivity index (χ2v) is 4.74. The molecular formula is C12H12CaO3S. The maximum Gasteiger partial charge on any atom is 2.00 e. The minimum atomic E-state index is -4.24. The fourth-order valence-electron chi connectivity index (χ4n) is 1.71. The van der Waals surface area contributed by atoms with E-state index in [9.17, 15) is 13.0 Å². The molecule has 86 valence electrons. The summed E-state index contributed by atoms with van der Waals surface area (Å²) in [6.07, 6.45) is 1.41. The van der Waals surface area contributed by atoms with Crippen molar-refractivity contribution in [1.29, 1.82) is 0 Å². The Balaban J connectivity index is 0. The molecule has 0 bridgehead atoms. The molecule has 0 unspecified atom stereocenters. The van der Waals surface area contributed by atoms with Crippen LogP contribution < -0.4 is 0 Å². The van der Waals surface area contributed by atoms with Crippen LogP contribution in [0.3, 0.4) is 0 Å². The number of hydrogen-bond acceptors (Lipinski definition) is 2. The third-order valence-electron chi connectivity index (χ3n) is 2.39. The Morgan fingerprint density at radius 2 is 1.82 bits per heavy atom. The number of rotatable bonds is 2. The molecule has 0 heterocycles. The van der Waals surface area contributed by atoms with Gasteiger partial charge in [0, 0.05) is 5.39 Å². The van der Waals surface area contributed by atoms with E-state index >= 15 is 0 Å². The van der Waals surface area contributed by atoms with Gasteiger partial charge in [0.1, 0.15) is 4.90 Å². The van der Waals surface area contributed by atoms with Crippen molar-refractivity contribution >= 4 is 64.7 Å². The molecule has 1 N–H and O–H groups in total. The van der Waals surface area contributed by atoms with E-state index in [-0.39, 0.29) is 45.5 Å². The molecule has 0 aromatic heterocycles. The van der Waals surface area contributed by atoms with E-state index < -0.39 is 10.1 Å². The standard InChI is InChI=1S/C12H10O3S.Ca.2H/c1-2-9-7-8-10-5-3-4-6-11(10)12(9)16(13,14)15;;;/h2-8H,1H2,(H,13,14,15);;;/q;+2;2*-1. The fraction of sp³-hybridized carbons (Fsp3) is 0. The first-order valence-corrected chi connectivity index (χ1v) is 6.10. The average Bonchev–Trinajstić information content (AvgIpc) is 2.26. The normalized spacial score (nSPS) is 10.9. The number of fused-ring (bicyclic) bond motifs is 1. The van der Waals surface area contributed by atoms with Crippen molar-refractivity contribution in [1.82, 2.24) is 0 Å². The van der Waals surface area contributed by atoms with Gasteiger partial charge in [-0.1, -0.05) is 49.1 Å². The van der Waals surface area contributed by atoms with Crippen LogP contribution in [0.25, 0.3) is 16.8 Å². The van der Waals surface area contributed by atoms with E-state index in [0.29, 0.717) is 10.9 Å². The topological polar surface area (TPSA) is 54.4 Å². The molecule has 2 aromatic carbocycles. The maximum absolute atomic E-state index is 11.3. The van der Waals surface area contributed by atoms with Gasteiger partial charge in [-0.25, -0.2) is 0 Å². The van der Waals surface area contributed by atoms with Gasteiger partial charge in [-0.3, -0.25) is 4.55 Å². The third kappa shape index (κ3) is 2.89. The van der Waals surface area contributed by atoms with Crippen molar-refractivity contribution in [2.75, 3.05) is 0 Å². The molecule has 0 amide bonds. The summed E-state index contributed by atoms with van der Waals surface area (Å²) < 4.78 is 31.9. The predicted molar refractivity (Wildman–Crippen MR) is 71.8 cm³/mol. The molecule has 0 fully saturated rings. The van der Waals surface area contributed by atoms with Crippen LogP contribution in [0.5, 0.6) is 0 Å². The molecule has 0 aliphatic carbocycles. The maximum atomic E-state index is 11.3. The summed E-state index contributed by atoms with van der Waals surface area (Å²) in [6, 6.07) is 10.4. The zero-order chi connectivity index (χ0) is 11.8. The van der Waals surface area contributed by atoms with Crippen LogP contribution >= 0.6 is 0 Å². The molecule has 2 rings (SSSR count). The number of benzene rings is 2. The van der Waals surface area contributed by atoms with Crippen LogP contribution in [0.4, 0.5) is 0 Å². The predicted octanol–water partition coefficient (Wildman–Crippen LogP) is 2.57. The summed E-state index contributed by atoms with van der Waals surface area (Å²) in [5.74, 6) is 0. The molecular weight excluding hydrogens is 264 g/mol. The Morgan fingerprint density at radius 3 is 2.41 bits per heavy atom. The molecule has 0 radical (unpaired) electrons. The van der Waals surface area contributed by atoms with E-state index in [4.69, 9.17) is 0 Å². The van der Waals surface area contributed by atoms with Crippen LogP contribution in [0.1, 0.15) is 8.42 Å². The molecule has 0 saturated heterocycles. The van der Waals surface area contributed by atoms with E-state index in [2.05, 4.69) is 6.58 Å². The van der Waals surface area contributed by atoms with Gasteiger partial charge >= 0.3 is 37.7 Å². The minimum Gasteiger partial charge on any atom is -1.00 e. The molecule has 0 aliphatic rings. The zero-order valence-electron chi connectivity index (χ0n) is 11.1. The zero-order valence-corrected chi connectivity index (χ0v) is 12.2. The summed E-state index contributed by atoms with van der Waals surface area (Å²) in [6.45, 7) is 3.54. The molecule has 5 heteroatoms. The molecule has 0 spiro atoms. The van der Waals surface area contributed by atoms with E-state index in [1.54, 1.807) is 30.3 Å². The summed E-state index contributed by atoms with van der Waals surface area (Å²) >= 11 is 0. The fourth-order valence-corrected chi connectivity index (χ4v) is 2.62. The molecule has 2 aromatic rings. The van der Waals surface area contributed by atoms with Crippen molar-refractivity contribution in [3.8, 4) is 0 Å². The van der Waals surface area contributed by atoms with E-state index in [1.165, 1.54) is 6.08 Å². The quantitative estimate of drug-likeness (QED) is 0.677. The molecule has 0 saturated carbocycles. The molecule has 3 nitrogen and oxygen atoms in total. The summed E-state index contributed by atoms with van der Waals surface area (Å²) in [5, 5.41) is 1.27. The molecule has 17 heavy (non-hydrogen) atoms. The SMILES string of the molecule is C=Cc1ccc2ccccc2c1S(=O)(=O)O.[Ca+2].[H-].[H-]. The first-order valence-electron chi connectivity index (χ1n) is 4.65. The Hall–Kier alpha value is -0.390. The van der Waals surface area contributed by atoms with Gasteiger partial charge in [0.15, 0.2) is 0 Å². The molecule has 0 atom stereocenters. The Bertz CT molecular complexity index is 672. The smallest absolute Gasteiger partial charge is 1.00 e. The van der Waals surface area contributed by atoms with Crippen LogP contribution in [0.2, 0.25) is 0 Å². The Morgan fingerprint density at radius 1 is 1.18 bits per heavy atom. The Labute approximate surface area is 133 Å². The van der Waals surface area contributed by atoms with Gasteiger partial charge in [0.2, 0.25) is 0 Å². The minimum absolute atomic E-state index is 0. The third-order valence-corrected chi connectivity index (χ3v) is 3.36. The van der Waals surface area contributed by atoms with Crippen molar-refractivity contribution in [2.45, 2.75) is 4.90 Å². The second-order valence-electron chi connectivity index (χ2n) is 3.38. The van der Waals surface area contributed by atoms with Crippen LogP contribution in [0, 0.1) is 0 Å². The van der Waals surface area contributed by atoms with Gasteiger partial charge < -0.3 is 2.85 Å². The van der Waals surface area contributed by atoms with Crippen molar-refractivity contribution in [2.24, 2.45) is 0 Å². The largest absolute Gasteiger partial charge is 2.00 e. The van der Waals surface area contributed by atoms with Crippen LogP contribution in [0.15, 0.2) is 47.9 Å². The first-order chi connectivity index (χ1) is 7.54.